The van der Waals surface area contributed by atoms with Crippen LogP contribution in [0.15, 0.2) is 15.9 Å². The molecule has 0 spiro atoms. The van der Waals surface area contributed by atoms with E-state index in [2.05, 4.69) is 53.0 Å². The van der Waals surface area contributed by atoms with Gasteiger partial charge >= 0.3 is 0 Å². The van der Waals surface area contributed by atoms with Crippen LogP contribution >= 0.6 is 27.3 Å². The van der Waals surface area contributed by atoms with Gasteiger partial charge in [-0.2, -0.15) is 0 Å². The molecule has 16 heavy (non-hydrogen) atoms. The fourth-order valence-electron chi connectivity index (χ4n) is 2.04. The van der Waals surface area contributed by atoms with E-state index in [0.29, 0.717) is 6.04 Å². The Morgan fingerprint density at radius 1 is 1.50 bits per heavy atom. The van der Waals surface area contributed by atoms with E-state index < -0.39 is 0 Å². The molecule has 4 heteroatoms. The second-order valence-corrected chi connectivity index (χ2v) is 5.96. The van der Waals surface area contributed by atoms with Crippen molar-refractivity contribution in [1.29, 1.82) is 0 Å². The Labute approximate surface area is 111 Å². The average molecular weight is 305 g/mol. The van der Waals surface area contributed by atoms with E-state index in [0.717, 1.165) is 17.6 Å². The minimum absolute atomic E-state index is 0.164. The van der Waals surface area contributed by atoms with E-state index in [-0.39, 0.29) is 6.04 Å². The van der Waals surface area contributed by atoms with Crippen molar-refractivity contribution in [1.82, 2.24) is 4.90 Å². The molecule has 2 N–H and O–H groups in total. The van der Waals surface area contributed by atoms with Crippen molar-refractivity contribution >= 4 is 27.3 Å². The zero-order valence-corrected chi connectivity index (χ0v) is 12.6. The van der Waals surface area contributed by atoms with E-state index in [9.17, 15) is 0 Å². The quantitative estimate of drug-likeness (QED) is 0.869. The lowest BCUT2D eigenvalue weighted by Crippen LogP contribution is -2.39. The van der Waals surface area contributed by atoms with Crippen LogP contribution in [0.1, 0.15) is 38.1 Å². The molecule has 0 aromatic carbocycles. The molecule has 0 saturated carbocycles. The standard InChI is InChI=1S/C12H21BrN2S/c1-4-6-15(5-2)12(9(3)14)11-7-10(13)8-16-11/h7-9,12H,4-6,14H2,1-3H3. The maximum atomic E-state index is 6.13. The summed E-state index contributed by atoms with van der Waals surface area (Å²) < 4.78 is 1.16. The highest BCUT2D eigenvalue weighted by atomic mass is 79.9. The van der Waals surface area contributed by atoms with Crippen molar-refractivity contribution in [2.45, 2.75) is 39.3 Å². The fourth-order valence-corrected chi connectivity index (χ4v) is 3.73. The summed E-state index contributed by atoms with van der Waals surface area (Å²) in [5.74, 6) is 0. The molecule has 0 saturated heterocycles. The average Bonchev–Trinajstić information content (AvgIpc) is 2.63. The fraction of sp³-hybridized carbons (Fsp3) is 0.667. The third-order valence-electron chi connectivity index (χ3n) is 2.69. The maximum absolute atomic E-state index is 6.13. The van der Waals surface area contributed by atoms with Crippen molar-refractivity contribution in [2.75, 3.05) is 13.1 Å². The molecule has 0 amide bonds. The van der Waals surface area contributed by atoms with Crippen molar-refractivity contribution in [3.8, 4) is 0 Å². The first-order valence-electron chi connectivity index (χ1n) is 5.83. The lowest BCUT2D eigenvalue weighted by atomic mass is 10.1. The van der Waals surface area contributed by atoms with Crippen LogP contribution < -0.4 is 5.73 Å². The van der Waals surface area contributed by atoms with E-state index >= 15 is 0 Å². The van der Waals surface area contributed by atoms with Gasteiger partial charge in [-0.1, -0.05) is 13.8 Å². The Hall–Kier alpha value is 0.1000. The second-order valence-electron chi connectivity index (χ2n) is 4.10. The molecule has 2 atom stereocenters. The number of thiophene rings is 1. The van der Waals surface area contributed by atoms with Crippen LogP contribution in [0.3, 0.4) is 0 Å². The van der Waals surface area contributed by atoms with Gasteiger partial charge in [0.2, 0.25) is 0 Å². The van der Waals surface area contributed by atoms with Crippen LogP contribution in [0.5, 0.6) is 0 Å². The van der Waals surface area contributed by atoms with Crippen LogP contribution in [0.2, 0.25) is 0 Å². The lowest BCUT2D eigenvalue weighted by molar-refractivity contribution is 0.189. The van der Waals surface area contributed by atoms with Crippen LogP contribution in [0.4, 0.5) is 0 Å². The highest BCUT2D eigenvalue weighted by Gasteiger charge is 2.23. The summed E-state index contributed by atoms with van der Waals surface area (Å²) >= 11 is 5.30. The number of likely N-dealkylation sites (N-methyl/N-ethyl adjacent to an activating group) is 1. The van der Waals surface area contributed by atoms with E-state index in [1.807, 2.05) is 0 Å². The molecular formula is C12H21BrN2S. The molecule has 0 fully saturated rings. The van der Waals surface area contributed by atoms with Gasteiger partial charge in [0, 0.05) is 20.8 Å². The van der Waals surface area contributed by atoms with Crippen LogP contribution in [0, 0.1) is 0 Å². The van der Waals surface area contributed by atoms with Gasteiger partial charge in [-0.15, -0.1) is 11.3 Å². The molecule has 1 rings (SSSR count). The van der Waals surface area contributed by atoms with E-state index in [1.165, 1.54) is 11.3 Å². The van der Waals surface area contributed by atoms with Gasteiger partial charge in [0.15, 0.2) is 0 Å². The molecular weight excluding hydrogens is 284 g/mol. The van der Waals surface area contributed by atoms with Gasteiger partial charge in [-0.25, -0.2) is 0 Å². The lowest BCUT2D eigenvalue weighted by Gasteiger charge is -2.32. The topological polar surface area (TPSA) is 29.3 Å². The highest BCUT2D eigenvalue weighted by molar-refractivity contribution is 9.10. The number of hydrogen-bond donors (Lipinski definition) is 1. The van der Waals surface area contributed by atoms with Crippen LogP contribution in [0.25, 0.3) is 0 Å². The van der Waals surface area contributed by atoms with Crippen molar-refractivity contribution in [2.24, 2.45) is 5.73 Å². The molecule has 92 valence electrons. The first-order valence-corrected chi connectivity index (χ1v) is 7.51. The summed E-state index contributed by atoms with van der Waals surface area (Å²) in [6, 6.07) is 2.70. The summed E-state index contributed by atoms with van der Waals surface area (Å²) in [6.07, 6.45) is 1.17. The van der Waals surface area contributed by atoms with Crippen LogP contribution in [-0.2, 0) is 0 Å². The van der Waals surface area contributed by atoms with Crippen LogP contribution in [-0.4, -0.2) is 24.0 Å². The molecule has 1 aromatic rings. The van der Waals surface area contributed by atoms with Gasteiger partial charge < -0.3 is 5.73 Å². The Balaban J connectivity index is 2.89. The first-order chi connectivity index (χ1) is 7.60. The molecule has 2 nitrogen and oxygen atoms in total. The third kappa shape index (κ3) is 3.55. The maximum Gasteiger partial charge on any atom is 0.0591 e. The van der Waals surface area contributed by atoms with E-state index in [4.69, 9.17) is 5.73 Å². The summed E-state index contributed by atoms with van der Waals surface area (Å²) in [7, 11) is 0. The zero-order chi connectivity index (χ0) is 12.1. The minimum atomic E-state index is 0.164. The number of rotatable bonds is 6. The highest BCUT2D eigenvalue weighted by Crippen LogP contribution is 2.31. The summed E-state index contributed by atoms with van der Waals surface area (Å²) in [6.45, 7) is 8.67. The van der Waals surface area contributed by atoms with Crippen molar-refractivity contribution in [3.63, 3.8) is 0 Å². The molecule has 0 aliphatic heterocycles. The summed E-state index contributed by atoms with van der Waals surface area (Å²) in [5, 5.41) is 2.13. The van der Waals surface area contributed by atoms with Gasteiger partial charge in [0.25, 0.3) is 0 Å². The normalized spacial score (nSPS) is 15.4. The van der Waals surface area contributed by atoms with Crippen molar-refractivity contribution in [3.05, 3.63) is 20.8 Å². The zero-order valence-electron chi connectivity index (χ0n) is 10.2. The number of nitrogens with zero attached hydrogens (tertiary/aromatic N) is 1. The first kappa shape index (κ1) is 14.2. The second kappa shape index (κ2) is 6.74. The monoisotopic (exact) mass is 304 g/mol. The SMILES string of the molecule is CCCN(CC)C(c1cc(Br)cs1)C(C)N. The molecule has 0 aliphatic rings. The Bertz CT molecular complexity index is 312. The Morgan fingerprint density at radius 3 is 2.56 bits per heavy atom. The van der Waals surface area contributed by atoms with Gasteiger partial charge in [0.1, 0.15) is 0 Å². The molecule has 1 heterocycles. The van der Waals surface area contributed by atoms with Gasteiger partial charge in [-0.05, 0) is 48.4 Å². The molecule has 0 radical (unpaired) electrons. The molecule has 1 aromatic heterocycles. The van der Waals surface area contributed by atoms with Crippen molar-refractivity contribution < 1.29 is 0 Å². The van der Waals surface area contributed by atoms with Gasteiger partial charge in [-0.3, -0.25) is 4.90 Å². The summed E-state index contributed by atoms with van der Waals surface area (Å²) in [5.41, 5.74) is 6.13. The predicted octanol–water partition coefficient (Wildman–Crippen LogP) is 3.63. The molecule has 0 bridgehead atoms. The predicted molar refractivity (Wildman–Crippen MR) is 75.9 cm³/mol. The Kier molecular flexibility index (Phi) is 5.97. The number of hydrogen-bond acceptors (Lipinski definition) is 3. The third-order valence-corrected chi connectivity index (χ3v) is 4.45. The Morgan fingerprint density at radius 2 is 2.19 bits per heavy atom. The minimum Gasteiger partial charge on any atom is -0.326 e. The number of nitrogens with two attached hydrogens (primary N) is 1. The molecule has 2 unspecified atom stereocenters. The summed E-state index contributed by atoms with van der Waals surface area (Å²) in [4.78, 5) is 3.82. The molecule has 0 aliphatic carbocycles. The largest absolute Gasteiger partial charge is 0.326 e. The smallest absolute Gasteiger partial charge is 0.0591 e. The number of halogens is 1. The van der Waals surface area contributed by atoms with Gasteiger partial charge in [0.05, 0.1) is 6.04 Å². The van der Waals surface area contributed by atoms with E-state index in [1.54, 1.807) is 11.3 Å².